The first kappa shape index (κ1) is 13.8. The molecule has 2 amide bonds. The minimum absolute atomic E-state index is 0.0718. The molecule has 0 spiro atoms. The number of hydrogen-bond donors (Lipinski definition) is 2. The summed E-state index contributed by atoms with van der Waals surface area (Å²) in [6.45, 7) is 6.64. The Balaban J connectivity index is 2.55. The van der Waals surface area contributed by atoms with Gasteiger partial charge in [0, 0.05) is 12.6 Å². The van der Waals surface area contributed by atoms with Crippen molar-refractivity contribution in [3.63, 3.8) is 0 Å². The van der Waals surface area contributed by atoms with E-state index in [1.807, 2.05) is 6.92 Å². The number of carbonyl (C=O) groups excluding carboxylic acids is 1. The van der Waals surface area contributed by atoms with Crippen molar-refractivity contribution in [2.45, 2.75) is 52.1 Å². The highest BCUT2D eigenvalue weighted by molar-refractivity contribution is 5.83. The smallest absolute Gasteiger partial charge is 0.326 e. The lowest BCUT2D eigenvalue weighted by atomic mass is 10.0. The summed E-state index contributed by atoms with van der Waals surface area (Å²) >= 11 is 0. The van der Waals surface area contributed by atoms with Crippen LogP contribution in [0.5, 0.6) is 0 Å². The van der Waals surface area contributed by atoms with Gasteiger partial charge < -0.3 is 15.3 Å². The van der Waals surface area contributed by atoms with Crippen molar-refractivity contribution in [1.82, 2.24) is 10.2 Å². The molecule has 1 heterocycles. The maximum absolute atomic E-state index is 11.9. The number of carbonyl (C=O) groups is 2. The number of urea groups is 1. The average molecular weight is 242 g/mol. The van der Waals surface area contributed by atoms with Gasteiger partial charge in [-0.15, -0.1) is 0 Å². The second kappa shape index (κ2) is 5.89. The first-order valence-electron chi connectivity index (χ1n) is 6.27. The molecule has 0 saturated carbocycles. The topological polar surface area (TPSA) is 69.6 Å². The lowest BCUT2D eigenvalue weighted by Crippen LogP contribution is -2.49. The Morgan fingerprint density at radius 1 is 1.47 bits per heavy atom. The third-order valence-corrected chi connectivity index (χ3v) is 3.65. The van der Waals surface area contributed by atoms with E-state index in [0.717, 1.165) is 12.8 Å². The summed E-state index contributed by atoms with van der Waals surface area (Å²) in [4.78, 5) is 24.3. The Hall–Kier alpha value is -1.26. The fourth-order valence-corrected chi connectivity index (χ4v) is 2.04. The molecular weight excluding hydrogens is 220 g/mol. The first-order chi connectivity index (χ1) is 7.97. The number of likely N-dealkylation sites (tertiary alicyclic amines) is 1. The summed E-state index contributed by atoms with van der Waals surface area (Å²) in [5.74, 6) is -0.515. The summed E-state index contributed by atoms with van der Waals surface area (Å²) in [7, 11) is 0. The van der Waals surface area contributed by atoms with Crippen molar-refractivity contribution in [2.24, 2.45) is 5.92 Å². The molecule has 0 aliphatic carbocycles. The third-order valence-electron chi connectivity index (χ3n) is 3.65. The highest BCUT2D eigenvalue weighted by atomic mass is 16.4. The summed E-state index contributed by atoms with van der Waals surface area (Å²) < 4.78 is 0. The van der Waals surface area contributed by atoms with Crippen LogP contribution in [0.4, 0.5) is 4.79 Å². The van der Waals surface area contributed by atoms with Crippen molar-refractivity contribution in [3.05, 3.63) is 0 Å². The molecule has 1 aliphatic rings. The van der Waals surface area contributed by atoms with Gasteiger partial charge in [-0.1, -0.05) is 20.3 Å². The van der Waals surface area contributed by atoms with Gasteiger partial charge in [0.1, 0.15) is 6.04 Å². The molecule has 2 unspecified atom stereocenters. The van der Waals surface area contributed by atoms with Gasteiger partial charge in [0.15, 0.2) is 0 Å². The van der Waals surface area contributed by atoms with E-state index in [1.54, 1.807) is 0 Å². The minimum atomic E-state index is -0.908. The summed E-state index contributed by atoms with van der Waals surface area (Å²) in [6, 6.07) is -0.829. The van der Waals surface area contributed by atoms with Crippen molar-refractivity contribution < 1.29 is 14.7 Å². The number of hydrogen-bond acceptors (Lipinski definition) is 2. The van der Waals surface area contributed by atoms with E-state index < -0.39 is 12.0 Å². The molecule has 5 heteroatoms. The fourth-order valence-electron chi connectivity index (χ4n) is 2.04. The van der Waals surface area contributed by atoms with E-state index in [-0.39, 0.29) is 12.1 Å². The second-order valence-electron chi connectivity index (χ2n) is 4.81. The number of amides is 2. The van der Waals surface area contributed by atoms with Gasteiger partial charge in [0.25, 0.3) is 0 Å². The van der Waals surface area contributed by atoms with E-state index in [1.165, 1.54) is 4.90 Å². The molecule has 0 aromatic rings. The normalized spacial score (nSPS) is 23.2. The zero-order chi connectivity index (χ0) is 13.0. The highest BCUT2D eigenvalue weighted by Crippen LogP contribution is 2.18. The molecule has 1 saturated heterocycles. The first-order valence-corrected chi connectivity index (χ1v) is 6.27. The van der Waals surface area contributed by atoms with Gasteiger partial charge in [-0.2, -0.15) is 0 Å². The zero-order valence-electron chi connectivity index (χ0n) is 10.8. The van der Waals surface area contributed by atoms with Gasteiger partial charge >= 0.3 is 12.0 Å². The van der Waals surface area contributed by atoms with E-state index in [0.29, 0.717) is 18.9 Å². The Bertz CT molecular complexity index is 293. The lowest BCUT2D eigenvalue weighted by Gasteiger charge is -2.26. The van der Waals surface area contributed by atoms with E-state index in [2.05, 4.69) is 19.2 Å². The van der Waals surface area contributed by atoms with Gasteiger partial charge in [-0.25, -0.2) is 9.59 Å². The molecule has 98 valence electrons. The molecule has 1 aliphatic heterocycles. The Kier molecular flexibility index (Phi) is 4.78. The number of aliphatic carboxylic acids is 1. The van der Waals surface area contributed by atoms with Crippen LogP contribution in [0.25, 0.3) is 0 Å². The van der Waals surface area contributed by atoms with Crippen LogP contribution in [0.1, 0.15) is 40.0 Å². The minimum Gasteiger partial charge on any atom is -0.480 e. The SMILES string of the molecule is CCC(C)C(C)NC(=O)N1CCC[C@H]1C(=O)O. The molecule has 0 aromatic heterocycles. The standard InChI is InChI=1S/C12H22N2O3/c1-4-8(2)9(3)13-12(17)14-7-5-6-10(14)11(15)16/h8-10H,4-7H2,1-3H3,(H,13,17)(H,15,16)/t8?,9?,10-/m0/s1. The molecular formula is C12H22N2O3. The molecule has 3 atom stereocenters. The third kappa shape index (κ3) is 3.35. The van der Waals surface area contributed by atoms with E-state index >= 15 is 0 Å². The van der Waals surface area contributed by atoms with E-state index in [9.17, 15) is 9.59 Å². The van der Waals surface area contributed by atoms with Gasteiger partial charge in [-0.05, 0) is 25.7 Å². The van der Waals surface area contributed by atoms with Crippen LogP contribution in [0.2, 0.25) is 0 Å². The molecule has 1 fully saturated rings. The van der Waals surface area contributed by atoms with Crippen LogP contribution in [-0.4, -0.2) is 40.6 Å². The van der Waals surface area contributed by atoms with Crippen LogP contribution in [0.3, 0.4) is 0 Å². The molecule has 0 bridgehead atoms. The van der Waals surface area contributed by atoms with Crippen LogP contribution >= 0.6 is 0 Å². The summed E-state index contributed by atoms with van der Waals surface area (Å²) in [5.41, 5.74) is 0. The lowest BCUT2D eigenvalue weighted by molar-refractivity contribution is -0.141. The fraction of sp³-hybridized carbons (Fsp3) is 0.833. The van der Waals surface area contributed by atoms with Crippen molar-refractivity contribution in [2.75, 3.05) is 6.54 Å². The van der Waals surface area contributed by atoms with Crippen LogP contribution in [0, 0.1) is 5.92 Å². The van der Waals surface area contributed by atoms with Gasteiger partial charge in [0.2, 0.25) is 0 Å². The Labute approximate surface area is 102 Å². The Morgan fingerprint density at radius 3 is 2.65 bits per heavy atom. The average Bonchev–Trinajstić information content (AvgIpc) is 2.76. The molecule has 0 radical (unpaired) electrons. The maximum Gasteiger partial charge on any atom is 0.326 e. The second-order valence-corrected chi connectivity index (χ2v) is 4.81. The predicted octanol–water partition coefficient (Wildman–Crippen LogP) is 1.68. The molecule has 2 N–H and O–H groups in total. The molecule has 1 rings (SSSR count). The molecule has 0 aromatic carbocycles. The molecule has 5 nitrogen and oxygen atoms in total. The quantitative estimate of drug-likeness (QED) is 0.788. The van der Waals surface area contributed by atoms with Crippen molar-refractivity contribution in [1.29, 1.82) is 0 Å². The van der Waals surface area contributed by atoms with Crippen molar-refractivity contribution in [3.8, 4) is 0 Å². The predicted molar refractivity (Wildman–Crippen MR) is 64.8 cm³/mol. The maximum atomic E-state index is 11.9. The summed E-state index contributed by atoms with van der Waals surface area (Å²) in [6.07, 6.45) is 2.31. The monoisotopic (exact) mass is 242 g/mol. The van der Waals surface area contributed by atoms with Crippen LogP contribution < -0.4 is 5.32 Å². The highest BCUT2D eigenvalue weighted by Gasteiger charge is 2.34. The number of rotatable bonds is 4. The zero-order valence-corrected chi connectivity index (χ0v) is 10.8. The van der Waals surface area contributed by atoms with Gasteiger partial charge in [-0.3, -0.25) is 0 Å². The van der Waals surface area contributed by atoms with Crippen molar-refractivity contribution >= 4 is 12.0 Å². The largest absolute Gasteiger partial charge is 0.480 e. The van der Waals surface area contributed by atoms with E-state index in [4.69, 9.17) is 5.11 Å². The number of nitrogens with zero attached hydrogens (tertiary/aromatic N) is 1. The van der Waals surface area contributed by atoms with Crippen LogP contribution in [-0.2, 0) is 4.79 Å². The number of nitrogens with one attached hydrogen (secondary N) is 1. The number of carboxylic acid groups (broad SMARTS) is 1. The van der Waals surface area contributed by atoms with Crippen LogP contribution in [0.15, 0.2) is 0 Å². The molecule has 17 heavy (non-hydrogen) atoms. The summed E-state index contributed by atoms with van der Waals surface area (Å²) in [5, 5.41) is 11.9. The Morgan fingerprint density at radius 2 is 2.12 bits per heavy atom. The van der Waals surface area contributed by atoms with Gasteiger partial charge in [0.05, 0.1) is 0 Å². The number of carboxylic acids is 1.